The third kappa shape index (κ3) is 6.61. The predicted molar refractivity (Wildman–Crippen MR) is 315 cm³/mol. The number of hydrogen-bond donors (Lipinski definition) is 0. The fraction of sp³-hybridized carbons (Fsp3) is 0.0833. The van der Waals surface area contributed by atoms with E-state index in [1.807, 2.05) is 0 Å². The summed E-state index contributed by atoms with van der Waals surface area (Å²) in [7, 11) is -2.65. The average molecular weight is 962 g/mol. The van der Waals surface area contributed by atoms with Crippen molar-refractivity contribution in [2.75, 3.05) is 4.90 Å². The Bertz CT molecular complexity index is 3910. The van der Waals surface area contributed by atoms with Crippen molar-refractivity contribution in [2.24, 2.45) is 0 Å². The van der Waals surface area contributed by atoms with Crippen molar-refractivity contribution >= 4 is 45.9 Å². The van der Waals surface area contributed by atoms with Crippen LogP contribution in [0.15, 0.2) is 261 Å². The van der Waals surface area contributed by atoms with Gasteiger partial charge in [0.15, 0.2) is 8.07 Å². The van der Waals surface area contributed by atoms with Crippen LogP contribution in [0.2, 0.25) is 0 Å². The minimum Gasteiger partial charge on any atom is -0.310 e. The molecular formula is C72H55NSi. The maximum atomic E-state index is 2.52. The molecular weight excluding hydrogens is 907 g/mol. The second kappa shape index (κ2) is 16.7. The topological polar surface area (TPSA) is 3.24 Å². The van der Waals surface area contributed by atoms with Crippen LogP contribution in [0.1, 0.15) is 49.9 Å². The molecule has 352 valence electrons. The Hall–Kier alpha value is -8.56. The van der Waals surface area contributed by atoms with Crippen LogP contribution in [0.4, 0.5) is 17.1 Å². The highest BCUT2D eigenvalue weighted by molar-refractivity contribution is 7.22. The first-order chi connectivity index (χ1) is 36.2. The first-order valence-corrected chi connectivity index (χ1v) is 28.2. The van der Waals surface area contributed by atoms with Crippen molar-refractivity contribution in [1.82, 2.24) is 0 Å². The molecule has 0 spiro atoms. The molecule has 0 amide bonds. The van der Waals surface area contributed by atoms with Crippen LogP contribution in [0.3, 0.4) is 0 Å². The van der Waals surface area contributed by atoms with Gasteiger partial charge in [-0.25, -0.2) is 0 Å². The fourth-order valence-corrected chi connectivity index (χ4v) is 18.5. The van der Waals surface area contributed by atoms with Crippen molar-refractivity contribution in [1.29, 1.82) is 0 Å². The van der Waals surface area contributed by atoms with Gasteiger partial charge in [-0.05, 0) is 158 Å². The number of rotatable bonds is 8. The summed E-state index contributed by atoms with van der Waals surface area (Å²) in [4.78, 5) is 2.51. The zero-order valence-corrected chi connectivity index (χ0v) is 43.3. The molecule has 1 heterocycles. The first kappa shape index (κ1) is 44.2. The van der Waals surface area contributed by atoms with Crippen LogP contribution in [0, 0.1) is 0 Å². The lowest BCUT2D eigenvalue weighted by atomic mass is 9.81. The van der Waals surface area contributed by atoms with Gasteiger partial charge in [-0.3, -0.25) is 0 Å². The minimum atomic E-state index is -2.65. The lowest BCUT2D eigenvalue weighted by Crippen LogP contribution is -2.72. The number of anilines is 3. The molecule has 0 bridgehead atoms. The van der Waals surface area contributed by atoms with E-state index in [0.29, 0.717) is 0 Å². The number of nitrogens with zero attached hydrogens (tertiary/aromatic N) is 1. The summed E-state index contributed by atoms with van der Waals surface area (Å²) in [5.74, 6) is 0. The Morgan fingerprint density at radius 3 is 1.38 bits per heavy atom. The SMILES string of the molecule is CC1(C)c2ccc(N(c3cc(-c4ccccc4)cc(-c4ccccc4)c3)c3ccc4c(c3)C(C)(C)c3ccccc3-4)cc2-c2ccc(-c3cccc([Si]4(c5ccccc5)c5ccccc5-c5ccccc54)c3)cc21. The molecule has 14 rings (SSSR count). The van der Waals surface area contributed by atoms with Gasteiger partial charge < -0.3 is 4.90 Å². The Labute approximate surface area is 436 Å². The van der Waals surface area contributed by atoms with Crippen LogP contribution in [-0.2, 0) is 10.8 Å². The normalized spacial score (nSPS) is 14.5. The largest absolute Gasteiger partial charge is 0.310 e. The van der Waals surface area contributed by atoms with Crippen LogP contribution in [0.25, 0.3) is 66.8 Å². The average Bonchev–Trinajstić information content (AvgIpc) is 3.98. The van der Waals surface area contributed by atoms with E-state index in [0.717, 1.165) is 17.1 Å². The van der Waals surface area contributed by atoms with E-state index in [-0.39, 0.29) is 10.8 Å². The third-order valence-electron chi connectivity index (χ3n) is 16.9. The maximum Gasteiger partial charge on any atom is 0.180 e. The Balaban J connectivity index is 0.921. The van der Waals surface area contributed by atoms with Crippen LogP contribution in [0.5, 0.6) is 0 Å². The van der Waals surface area contributed by atoms with Gasteiger partial charge in [0.25, 0.3) is 0 Å². The number of benzene rings is 11. The smallest absolute Gasteiger partial charge is 0.180 e. The van der Waals surface area contributed by atoms with Crippen molar-refractivity contribution in [3.8, 4) is 66.8 Å². The minimum absolute atomic E-state index is 0.150. The fourth-order valence-electron chi connectivity index (χ4n) is 13.3. The van der Waals surface area contributed by atoms with Crippen LogP contribution < -0.4 is 25.6 Å². The Morgan fingerprint density at radius 2 is 0.716 bits per heavy atom. The molecule has 0 saturated heterocycles. The number of fused-ring (bicyclic) bond motifs is 9. The maximum absolute atomic E-state index is 2.65. The van der Waals surface area contributed by atoms with E-state index < -0.39 is 8.07 Å². The van der Waals surface area contributed by atoms with Gasteiger partial charge >= 0.3 is 0 Å². The summed E-state index contributed by atoms with van der Waals surface area (Å²) < 4.78 is 0. The van der Waals surface area contributed by atoms with E-state index in [2.05, 4.69) is 293 Å². The van der Waals surface area contributed by atoms with Gasteiger partial charge in [0.1, 0.15) is 0 Å². The zero-order chi connectivity index (χ0) is 49.8. The lowest BCUT2D eigenvalue weighted by Gasteiger charge is -2.31. The van der Waals surface area contributed by atoms with E-state index >= 15 is 0 Å². The second-order valence-corrected chi connectivity index (χ2v) is 25.4. The van der Waals surface area contributed by atoms with E-state index in [1.165, 1.54) is 110 Å². The molecule has 1 nitrogen and oxygen atoms in total. The first-order valence-electron chi connectivity index (χ1n) is 26.2. The molecule has 1 aliphatic heterocycles. The second-order valence-electron chi connectivity index (χ2n) is 21.6. The Kier molecular flexibility index (Phi) is 9.99. The van der Waals surface area contributed by atoms with Gasteiger partial charge in [0, 0.05) is 27.9 Å². The van der Waals surface area contributed by atoms with Crippen molar-refractivity contribution in [3.63, 3.8) is 0 Å². The number of hydrogen-bond acceptors (Lipinski definition) is 1. The van der Waals surface area contributed by atoms with E-state index in [4.69, 9.17) is 0 Å². The highest BCUT2D eigenvalue weighted by atomic mass is 28.3. The predicted octanol–water partition coefficient (Wildman–Crippen LogP) is 16.1. The molecule has 0 unspecified atom stereocenters. The highest BCUT2D eigenvalue weighted by Crippen LogP contribution is 2.54. The molecule has 74 heavy (non-hydrogen) atoms. The van der Waals surface area contributed by atoms with Gasteiger partial charge in [-0.1, -0.05) is 240 Å². The third-order valence-corrected chi connectivity index (χ3v) is 21.8. The molecule has 0 atom stereocenters. The molecule has 3 aliphatic rings. The molecule has 0 radical (unpaired) electrons. The quantitative estimate of drug-likeness (QED) is 0.137. The van der Waals surface area contributed by atoms with Crippen molar-refractivity contribution in [2.45, 2.75) is 38.5 Å². The van der Waals surface area contributed by atoms with Crippen molar-refractivity contribution in [3.05, 3.63) is 283 Å². The van der Waals surface area contributed by atoms with Gasteiger partial charge in [0.2, 0.25) is 0 Å². The molecule has 2 aliphatic carbocycles. The molecule has 0 N–H and O–H groups in total. The van der Waals surface area contributed by atoms with Gasteiger partial charge in [0.05, 0.1) is 0 Å². The molecule has 0 saturated carbocycles. The molecule has 11 aromatic rings. The van der Waals surface area contributed by atoms with E-state index in [1.54, 1.807) is 0 Å². The molecule has 0 fully saturated rings. The summed E-state index contributed by atoms with van der Waals surface area (Å²) >= 11 is 0. The molecule has 2 heteroatoms. The molecule has 11 aromatic carbocycles. The summed E-state index contributed by atoms with van der Waals surface area (Å²) in [6.07, 6.45) is 0. The standard InChI is InChI=1S/C72H55NSi/c1-71(2)65-32-17-14-29-59(65)60-39-36-55(47-68(60)71)73(56-42-52(48-21-8-5-9-22-48)41-53(43-56)49-23-10-6-11-24-49)54-37-40-66-64(46-54)61-38-35-51(45-67(61)72(66,3)4)50-25-20-28-58(44-50)74(57-26-12-7-13-27-57)69-33-18-15-30-62(69)63-31-16-19-34-70(63)74/h5-47H,1-4H3. The van der Waals surface area contributed by atoms with E-state index in [9.17, 15) is 0 Å². The lowest BCUT2D eigenvalue weighted by molar-refractivity contribution is 0.660. The van der Waals surface area contributed by atoms with Crippen LogP contribution in [-0.4, -0.2) is 8.07 Å². The van der Waals surface area contributed by atoms with Crippen LogP contribution >= 0.6 is 0 Å². The molecule has 0 aromatic heterocycles. The van der Waals surface area contributed by atoms with Crippen molar-refractivity contribution < 1.29 is 0 Å². The summed E-state index contributed by atoms with van der Waals surface area (Å²) in [5.41, 5.74) is 23.7. The summed E-state index contributed by atoms with van der Waals surface area (Å²) in [6, 6.07) is 98.6. The monoisotopic (exact) mass is 961 g/mol. The Morgan fingerprint density at radius 1 is 0.257 bits per heavy atom. The summed E-state index contributed by atoms with van der Waals surface area (Å²) in [5, 5.41) is 5.77. The highest BCUT2D eigenvalue weighted by Gasteiger charge is 2.48. The van der Waals surface area contributed by atoms with Gasteiger partial charge in [-0.15, -0.1) is 0 Å². The van der Waals surface area contributed by atoms with Gasteiger partial charge in [-0.2, -0.15) is 0 Å². The zero-order valence-electron chi connectivity index (χ0n) is 42.3. The summed E-state index contributed by atoms with van der Waals surface area (Å²) in [6.45, 7) is 9.58.